The van der Waals surface area contributed by atoms with Gasteiger partial charge in [-0.2, -0.15) is 5.10 Å². The normalized spacial score (nSPS) is 12.4. The zero-order valence-corrected chi connectivity index (χ0v) is 20.7. The van der Waals surface area contributed by atoms with Crippen LogP contribution in [-0.4, -0.2) is 30.1 Å². The van der Waals surface area contributed by atoms with Gasteiger partial charge in [0.15, 0.2) is 0 Å². The lowest BCUT2D eigenvalue weighted by Crippen LogP contribution is -1.88. The highest BCUT2D eigenvalue weighted by atomic mass is 15.1. The third-order valence-corrected chi connectivity index (χ3v) is 7.15. The Kier molecular flexibility index (Phi) is 4.43. The van der Waals surface area contributed by atoms with E-state index in [0.717, 1.165) is 60.8 Å². The Bertz CT molecular complexity index is 1960. The Morgan fingerprint density at radius 1 is 0.639 bits per heavy atom. The summed E-state index contributed by atoms with van der Waals surface area (Å²) in [7, 11) is 0. The van der Waals surface area contributed by atoms with Crippen molar-refractivity contribution >= 4 is 54.4 Å². The summed E-state index contributed by atoms with van der Waals surface area (Å²) in [6.45, 7) is 8.58. The highest BCUT2D eigenvalue weighted by Crippen LogP contribution is 2.37. The molecule has 0 amide bonds. The third kappa shape index (κ3) is 3.04. The number of nitrogens with one attached hydrogen (secondary N) is 2. The maximum Gasteiger partial charge on any atom is 0.132 e. The summed E-state index contributed by atoms with van der Waals surface area (Å²) in [5.41, 5.74) is 6.32. The molecule has 6 nitrogen and oxygen atoms in total. The topological polar surface area (TPSA) is 83.1 Å². The SMILES string of the molecule is CC(C)c1nc2c3ccc(-c4ccc5c(ccc6[nH]c(C(C)C)nc65)c4)cc3c3c[nH]ncc3c2n1. The molecule has 4 aromatic carbocycles. The molecule has 7 aromatic rings. The van der Waals surface area contributed by atoms with E-state index in [4.69, 9.17) is 15.0 Å². The fraction of sp³-hybridized carbons (Fsp3) is 0.200. The molecule has 0 radical (unpaired) electrons. The maximum atomic E-state index is 4.92. The highest BCUT2D eigenvalue weighted by Gasteiger charge is 2.17. The van der Waals surface area contributed by atoms with Gasteiger partial charge in [0.2, 0.25) is 0 Å². The van der Waals surface area contributed by atoms with Crippen LogP contribution in [0.3, 0.4) is 0 Å². The largest absolute Gasteiger partial charge is 0.342 e. The molecule has 0 bridgehead atoms. The van der Waals surface area contributed by atoms with Gasteiger partial charge >= 0.3 is 0 Å². The quantitative estimate of drug-likeness (QED) is 0.260. The molecule has 0 spiro atoms. The molecule has 176 valence electrons. The van der Waals surface area contributed by atoms with E-state index in [1.807, 2.05) is 12.4 Å². The number of benzene rings is 4. The molecule has 36 heavy (non-hydrogen) atoms. The number of H-pyrrole nitrogens is 2. The van der Waals surface area contributed by atoms with E-state index in [2.05, 4.69) is 91.4 Å². The standard InChI is InChI=1S/C30H26N6/c1-15(2)29-33-25-10-7-19-11-17(5-8-20(19)26(25)34-29)18-6-9-21-22(12-18)23-13-31-32-14-24(23)28-27(21)35-30(36-28)16(3)4/h5-16,31H,1-4H3,(H,33,34). The van der Waals surface area contributed by atoms with Gasteiger partial charge < -0.3 is 4.98 Å². The van der Waals surface area contributed by atoms with Crippen LogP contribution in [-0.2, 0) is 0 Å². The summed E-state index contributed by atoms with van der Waals surface area (Å²) >= 11 is 0. The van der Waals surface area contributed by atoms with E-state index >= 15 is 0 Å². The van der Waals surface area contributed by atoms with E-state index in [1.54, 1.807) is 0 Å². The van der Waals surface area contributed by atoms with Gasteiger partial charge in [-0.15, -0.1) is 0 Å². The van der Waals surface area contributed by atoms with Gasteiger partial charge in [0.1, 0.15) is 17.2 Å². The number of aromatic nitrogens is 6. The first kappa shape index (κ1) is 21.0. The van der Waals surface area contributed by atoms with Crippen molar-refractivity contribution in [3.8, 4) is 11.1 Å². The van der Waals surface area contributed by atoms with Crippen LogP contribution in [0.4, 0.5) is 0 Å². The first-order valence-corrected chi connectivity index (χ1v) is 12.5. The van der Waals surface area contributed by atoms with Gasteiger partial charge in [-0.1, -0.05) is 58.0 Å². The minimum absolute atomic E-state index is 0.264. The van der Waals surface area contributed by atoms with Crippen molar-refractivity contribution in [2.75, 3.05) is 0 Å². The summed E-state index contributed by atoms with van der Waals surface area (Å²) in [5, 5.41) is 14.0. The predicted octanol–water partition coefficient (Wildman–Crippen LogP) is 7.60. The van der Waals surface area contributed by atoms with Crippen LogP contribution in [0, 0.1) is 0 Å². The molecule has 6 heteroatoms. The third-order valence-electron chi connectivity index (χ3n) is 7.15. The summed E-state index contributed by atoms with van der Waals surface area (Å²) < 4.78 is 0. The van der Waals surface area contributed by atoms with Crippen molar-refractivity contribution in [2.45, 2.75) is 39.5 Å². The zero-order chi connectivity index (χ0) is 24.6. The molecule has 3 heterocycles. The molecular formula is C30H26N6. The van der Waals surface area contributed by atoms with Crippen molar-refractivity contribution in [1.82, 2.24) is 30.1 Å². The van der Waals surface area contributed by atoms with E-state index in [1.165, 1.54) is 16.3 Å². The van der Waals surface area contributed by atoms with E-state index < -0.39 is 0 Å². The lowest BCUT2D eigenvalue weighted by Gasteiger charge is -2.09. The number of hydrogen-bond acceptors (Lipinski definition) is 4. The van der Waals surface area contributed by atoms with Crippen LogP contribution in [0.15, 0.2) is 60.9 Å². The summed E-state index contributed by atoms with van der Waals surface area (Å²) in [6, 6.07) is 17.6. The zero-order valence-electron chi connectivity index (χ0n) is 20.7. The summed E-state index contributed by atoms with van der Waals surface area (Å²) in [6.07, 6.45) is 3.82. The van der Waals surface area contributed by atoms with Crippen LogP contribution in [0.5, 0.6) is 0 Å². The van der Waals surface area contributed by atoms with Crippen LogP contribution in [0.25, 0.3) is 65.5 Å². The lowest BCUT2D eigenvalue weighted by molar-refractivity contribution is 0.799. The average Bonchev–Trinajstić information content (AvgIpc) is 3.54. The van der Waals surface area contributed by atoms with Gasteiger partial charge in [0.05, 0.1) is 22.7 Å². The molecule has 0 fully saturated rings. The molecule has 7 rings (SSSR count). The van der Waals surface area contributed by atoms with Crippen LogP contribution < -0.4 is 0 Å². The van der Waals surface area contributed by atoms with E-state index in [-0.39, 0.29) is 5.92 Å². The van der Waals surface area contributed by atoms with Crippen LogP contribution in [0.2, 0.25) is 0 Å². The minimum Gasteiger partial charge on any atom is -0.342 e. The van der Waals surface area contributed by atoms with Crippen molar-refractivity contribution < 1.29 is 0 Å². The Morgan fingerprint density at radius 3 is 2.17 bits per heavy atom. The number of rotatable bonds is 3. The van der Waals surface area contributed by atoms with Crippen molar-refractivity contribution in [3.63, 3.8) is 0 Å². The number of nitrogens with zero attached hydrogens (tertiary/aromatic N) is 4. The lowest BCUT2D eigenvalue weighted by atomic mass is 9.95. The van der Waals surface area contributed by atoms with Gasteiger partial charge in [0.25, 0.3) is 0 Å². The predicted molar refractivity (Wildman–Crippen MR) is 147 cm³/mol. The molecule has 0 aliphatic carbocycles. The van der Waals surface area contributed by atoms with E-state index in [0.29, 0.717) is 5.92 Å². The van der Waals surface area contributed by atoms with E-state index in [9.17, 15) is 0 Å². The van der Waals surface area contributed by atoms with Gasteiger partial charge in [-0.25, -0.2) is 15.0 Å². The van der Waals surface area contributed by atoms with Gasteiger partial charge in [-0.05, 0) is 40.1 Å². The van der Waals surface area contributed by atoms with Gasteiger partial charge in [-0.3, -0.25) is 5.10 Å². The van der Waals surface area contributed by atoms with Crippen molar-refractivity contribution in [2.24, 2.45) is 0 Å². The maximum absolute atomic E-state index is 4.92. The molecular weight excluding hydrogens is 444 g/mol. The van der Waals surface area contributed by atoms with Crippen LogP contribution >= 0.6 is 0 Å². The van der Waals surface area contributed by atoms with Crippen molar-refractivity contribution in [3.05, 3.63) is 72.6 Å². The number of hydrogen-bond donors (Lipinski definition) is 2. The first-order valence-electron chi connectivity index (χ1n) is 12.5. The minimum atomic E-state index is 0.264. The smallest absolute Gasteiger partial charge is 0.132 e. The molecule has 0 unspecified atom stereocenters. The van der Waals surface area contributed by atoms with Crippen LogP contribution in [0.1, 0.15) is 51.2 Å². The second-order valence-corrected chi connectivity index (χ2v) is 10.2. The Labute approximate surface area is 207 Å². The fourth-order valence-corrected chi connectivity index (χ4v) is 5.18. The Hall–Kier alpha value is -4.32. The molecule has 0 aliphatic heterocycles. The fourth-order valence-electron chi connectivity index (χ4n) is 5.18. The molecule has 0 aliphatic rings. The number of aromatic amines is 2. The second-order valence-electron chi connectivity index (χ2n) is 10.2. The monoisotopic (exact) mass is 470 g/mol. The summed E-state index contributed by atoms with van der Waals surface area (Å²) in [5.74, 6) is 2.52. The van der Waals surface area contributed by atoms with Gasteiger partial charge in [0, 0.05) is 39.6 Å². The second kappa shape index (κ2) is 7.59. The molecule has 0 atom stereocenters. The number of imidazole rings is 2. The molecule has 2 N–H and O–H groups in total. The van der Waals surface area contributed by atoms with Crippen molar-refractivity contribution in [1.29, 1.82) is 0 Å². The summed E-state index contributed by atoms with van der Waals surface area (Å²) in [4.78, 5) is 18.1. The Balaban J connectivity index is 1.45. The first-order chi connectivity index (χ1) is 17.5. The average molecular weight is 471 g/mol. The Morgan fingerprint density at radius 2 is 1.39 bits per heavy atom. The molecule has 0 saturated heterocycles. The molecule has 0 saturated carbocycles. The molecule has 3 aromatic heterocycles. The number of fused-ring (bicyclic) bond motifs is 9. The highest BCUT2D eigenvalue weighted by molar-refractivity contribution is 6.23.